The molecule has 2 aromatic carbocycles. The first kappa shape index (κ1) is 15.2. The standard InChI is InChI=1S/C19H20N2O2/c1-12-4-6-17-16(9-12)14(11-21-17)7-8-20-19(23)15-5-3-13(2)10-18(15)22/h3-6,9-11,21-22H,7-8H2,1-2H3,(H,20,23). The van der Waals surface area contributed by atoms with Gasteiger partial charge < -0.3 is 15.4 Å². The average Bonchev–Trinajstić information content (AvgIpc) is 2.89. The minimum Gasteiger partial charge on any atom is -0.507 e. The molecule has 0 bridgehead atoms. The van der Waals surface area contributed by atoms with Crippen LogP contribution < -0.4 is 5.32 Å². The maximum Gasteiger partial charge on any atom is 0.255 e. The Morgan fingerprint density at radius 1 is 1.13 bits per heavy atom. The summed E-state index contributed by atoms with van der Waals surface area (Å²) in [5.41, 5.74) is 4.73. The van der Waals surface area contributed by atoms with Gasteiger partial charge in [-0.15, -0.1) is 0 Å². The molecule has 1 amide bonds. The maximum absolute atomic E-state index is 12.1. The van der Waals surface area contributed by atoms with Crippen LogP contribution in [0.15, 0.2) is 42.6 Å². The summed E-state index contributed by atoms with van der Waals surface area (Å²) in [7, 11) is 0. The summed E-state index contributed by atoms with van der Waals surface area (Å²) in [5, 5.41) is 13.9. The number of aromatic nitrogens is 1. The molecule has 0 aliphatic rings. The number of aryl methyl sites for hydroxylation is 2. The molecular formula is C19H20N2O2. The number of hydrogen-bond donors (Lipinski definition) is 3. The summed E-state index contributed by atoms with van der Waals surface area (Å²) in [6, 6.07) is 11.3. The lowest BCUT2D eigenvalue weighted by Crippen LogP contribution is -2.25. The van der Waals surface area contributed by atoms with E-state index in [0.717, 1.165) is 17.5 Å². The molecular weight excluding hydrogens is 288 g/mol. The number of benzene rings is 2. The van der Waals surface area contributed by atoms with Crippen molar-refractivity contribution in [3.8, 4) is 5.75 Å². The summed E-state index contributed by atoms with van der Waals surface area (Å²) >= 11 is 0. The van der Waals surface area contributed by atoms with Crippen molar-refractivity contribution in [2.24, 2.45) is 0 Å². The lowest BCUT2D eigenvalue weighted by molar-refractivity contribution is 0.0951. The van der Waals surface area contributed by atoms with Gasteiger partial charge in [0, 0.05) is 23.6 Å². The smallest absolute Gasteiger partial charge is 0.255 e. The highest BCUT2D eigenvalue weighted by Crippen LogP contribution is 2.20. The molecule has 4 heteroatoms. The molecule has 0 aliphatic carbocycles. The number of phenols is 1. The first-order chi connectivity index (χ1) is 11.0. The Morgan fingerprint density at radius 3 is 2.65 bits per heavy atom. The molecule has 1 heterocycles. The molecule has 3 aromatic rings. The van der Waals surface area contributed by atoms with Crippen LogP contribution in [0.3, 0.4) is 0 Å². The quantitative estimate of drug-likeness (QED) is 0.691. The normalized spacial score (nSPS) is 10.9. The summed E-state index contributed by atoms with van der Waals surface area (Å²) in [5.74, 6) is -0.233. The SMILES string of the molecule is Cc1ccc(C(=O)NCCc2c[nH]c3ccc(C)cc23)c(O)c1. The van der Waals surface area contributed by atoms with E-state index in [0.29, 0.717) is 12.1 Å². The van der Waals surface area contributed by atoms with E-state index in [1.54, 1.807) is 12.1 Å². The number of aromatic amines is 1. The fraction of sp³-hybridized carbons (Fsp3) is 0.211. The van der Waals surface area contributed by atoms with Crippen molar-refractivity contribution in [3.63, 3.8) is 0 Å². The Balaban J connectivity index is 1.66. The van der Waals surface area contributed by atoms with Crippen molar-refractivity contribution in [1.82, 2.24) is 10.3 Å². The number of carbonyl (C=O) groups excluding carboxylic acids is 1. The second-order valence-corrected chi connectivity index (χ2v) is 5.89. The van der Waals surface area contributed by atoms with Gasteiger partial charge in [-0.05, 0) is 55.7 Å². The van der Waals surface area contributed by atoms with Crippen LogP contribution in [0.4, 0.5) is 0 Å². The third-order valence-corrected chi connectivity index (χ3v) is 4.00. The number of carbonyl (C=O) groups is 1. The van der Waals surface area contributed by atoms with Gasteiger partial charge in [0.2, 0.25) is 0 Å². The fourth-order valence-electron chi connectivity index (χ4n) is 2.74. The van der Waals surface area contributed by atoms with Crippen molar-refractivity contribution in [3.05, 3.63) is 64.8 Å². The molecule has 0 spiro atoms. The van der Waals surface area contributed by atoms with Crippen molar-refractivity contribution in [1.29, 1.82) is 0 Å². The van der Waals surface area contributed by atoms with Gasteiger partial charge in [0.15, 0.2) is 0 Å². The molecule has 4 nitrogen and oxygen atoms in total. The monoisotopic (exact) mass is 308 g/mol. The summed E-state index contributed by atoms with van der Waals surface area (Å²) in [4.78, 5) is 15.4. The molecule has 0 unspecified atom stereocenters. The maximum atomic E-state index is 12.1. The minimum atomic E-state index is -0.251. The van der Waals surface area contributed by atoms with Crippen LogP contribution in [-0.4, -0.2) is 22.5 Å². The van der Waals surface area contributed by atoms with Gasteiger partial charge in [-0.2, -0.15) is 0 Å². The van der Waals surface area contributed by atoms with Crippen molar-refractivity contribution in [2.45, 2.75) is 20.3 Å². The van der Waals surface area contributed by atoms with Crippen LogP contribution >= 0.6 is 0 Å². The van der Waals surface area contributed by atoms with Crippen LogP contribution in [0.2, 0.25) is 0 Å². The van der Waals surface area contributed by atoms with E-state index >= 15 is 0 Å². The highest BCUT2D eigenvalue weighted by molar-refractivity contribution is 5.96. The van der Waals surface area contributed by atoms with Gasteiger partial charge in [0.1, 0.15) is 5.75 Å². The van der Waals surface area contributed by atoms with Crippen LogP contribution in [0.5, 0.6) is 5.75 Å². The number of aromatic hydroxyl groups is 1. The number of phenolic OH excluding ortho intramolecular Hbond substituents is 1. The van der Waals surface area contributed by atoms with Gasteiger partial charge in [-0.1, -0.05) is 17.7 Å². The Bertz CT molecular complexity index is 865. The Morgan fingerprint density at radius 2 is 1.87 bits per heavy atom. The topological polar surface area (TPSA) is 65.1 Å². The van der Waals surface area contributed by atoms with Crippen LogP contribution in [0.1, 0.15) is 27.0 Å². The number of amides is 1. The molecule has 0 saturated carbocycles. The number of hydrogen-bond acceptors (Lipinski definition) is 2. The Labute approximate surface area is 135 Å². The van der Waals surface area contributed by atoms with E-state index in [1.807, 2.05) is 19.2 Å². The predicted octanol–water partition coefficient (Wildman–Crippen LogP) is 3.46. The van der Waals surface area contributed by atoms with Gasteiger partial charge in [0.25, 0.3) is 5.91 Å². The molecule has 0 radical (unpaired) electrons. The van der Waals surface area contributed by atoms with E-state index < -0.39 is 0 Å². The van der Waals surface area contributed by atoms with E-state index in [-0.39, 0.29) is 11.7 Å². The van der Waals surface area contributed by atoms with Gasteiger partial charge >= 0.3 is 0 Å². The van der Waals surface area contributed by atoms with Crippen molar-refractivity contribution >= 4 is 16.8 Å². The summed E-state index contributed by atoms with van der Waals surface area (Å²) < 4.78 is 0. The average molecular weight is 308 g/mol. The van der Waals surface area contributed by atoms with Crippen molar-refractivity contribution in [2.75, 3.05) is 6.54 Å². The number of rotatable bonds is 4. The second kappa shape index (κ2) is 6.16. The van der Waals surface area contributed by atoms with E-state index in [2.05, 4.69) is 35.4 Å². The van der Waals surface area contributed by atoms with Gasteiger partial charge in [0.05, 0.1) is 5.56 Å². The molecule has 3 rings (SSSR count). The third-order valence-electron chi connectivity index (χ3n) is 4.00. The lowest BCUT2D eigenvalue weighted by atomic mass is 10.1. The van der Waals surface area contributed by atoms with E-state index in [9.17, 15) is 9.90 Å². The van der Waals surface area contributed by atoms with Gasteiger partial charge in [-0.25, -0.2) is 0 Å². The minimum absolute atomic E-state index is 0.0187. The zero-order chi connectivity index (χ0) is 16.4. The lowest BCUT2D eigenvalue weighted by Gasteiger charge is -2.07. The number of H-pyrrole nitrogens is 1. The highest BCUT2D eigenvalue weighted by atomic mass is 16.3. The zero-order valence-corrected chi connectivity index (χ0v) is 13.3. The van der Waals surface area contributed by atoms with Crippen LogP contribution in [0, 0.1) is 13.8 Å². The van der Waals surface area contributed by atoms with E-state index in [4.69, 9.17) is 0 Å². The van der Waals surface area contributed by atoms with Gasteiger partial charge in [-0.3, -0.25) is 4.79 Å². The van der Waals surface area contributed by atoms with Crippen LogP contribution in [-0.2, 0) is 6.42 Å². The molecule has 0 fully saturated rings. The first-order valence-electron chi connectivity index (χ1n) is 7.69. The fourth-order valence-corrected chi connectivity index (χ4v) is 2.74. The Hall–Kier alpha value is -2.75. The third kappa shape index (κ3) is 3.21. The molecule has 3 N–H and O–H groups in total. The molecule has 23 heavy (non-hydrogen) atoms. The zero-order valence-electron chi connectivity index (χ0n) is 13.3. The highest BCUT2D eigenvalue weighted by Gasteiger charge is 2.11. The first-order valence-corrected chi connectivity index (χ1v) is 7.69. The van der Waals surface area contributed by atoms with E-state index in [1.165, 1.54) is 16.5 Å². The summed E-state index contributed by atoms with van der Waals surface area (Å²) in [6.07, 6.45) is 2.72. The molecule has 0 atom stereocenters. The molecule has 0 saturated heterocycles. The molecule has 118 valence electrons. The largest absolute Gasteiger partial charge is 0.507 e. The second-order valence-electron chi connectivity index (χ2n) is 5.89. The predicted molar refractivity (Wildman–Crippen MR) is 91.9 cm³/mol. The molecule has 1 aromatic heterocycles. The Kier molecular flexibility index (Phi) is 4.06. The van der Waals surface area contributed by atoms with Crippen LogP contribution in [0.25, 0.3) is 10.9 Å². The number of fused-ring (bicyclic) bond motifs is 1. The number of nitrogens with one attached hydrogen (secondary N) is 2. The summed E-state index contributed by atoms with van der Waals surface area (Å²) in [6.45, 7) is 4.46. The van der Waals surface area contributed by atoms with Crippen molar-refractivity contribution < 1.29 is 9.90 Å². The molecule has 0 aliphatic heterocycles.